The summed E-state index contributed by atoms with van der Waals surface area (Å²) in [5.74, 6) is 1.01. The first kappa shape index (κ1) is 24.3. The number of ether oxygens (including phenoxy) is 2. The van der Waals surface area contributed by atoms with E-state index >= 15 is 0 Å². The van der Waals surface area contributed by atoms with Gasteiger partial charge in [-0.1, -0.05) is 36.0 Å². The molecule has 1 aromatic heterocycles. The molecule has 3 rings (SSSR count). The van der Waals surface area contributed by atoms with Gasteiger partial charge in [0.25, 0.3) is 0 Å². The second kappa shape index (κ2) is 11.0. The van der Waals surface area contributed by atoms with Gasteiger partial charge in [-0.2, -0.15) is 0 Å². The second-order valence-electron chi connectivity index (χ2n) is 7.84. The van der Waals surface area contributed by atoms with Gasteiger partial charge in [0.2, 0.25) is 5.91 Å². The number of aromatic nitrogens is 3. The van der Waals surface area contributed by atoms with Crippen LogP contribution in [0.4, 0.5) is 5.69 Å². The Labute approximate surface area is 197 Å². The zero-order chi connectivity index (χ0) is 24.0. The topological polar surface area (TPSA) is 95.3 Å². The van der Waals surface area contributed by atoms with Crippen LogP contribution in [0.25, 0.3) is 0 Å². The van der Waals surface area contributed by atoms with Crippen LogP contribution in [0.1, 0.15) is 41.2 Å². The number of thioether (sulfide) groups is 1. The summed E-state index contributed by atoms with van der Waals surface area (Å²) in [6.07, 6.45) is -0.213. The zero-order valence-electron chi connectivity index (χ0n) is 19.4. The van der Waals surface area contributed by atoms with Crippen LogP contribution >= 0.6 is 11.8 Å². The molecule has 1 N–H and O–H groups in total. The maximum absolute atomic E-state index is 12.4. The molecule has 0 aliphatic heterocycles. The lowest BCUT2D eigenvalue weighted by atomic mass is 10.1. The van der Waals surface area contributed by atoms with Crippen LogP contribution in [0.2, 0.25) is 0 Å². The molecule has 0 saturated carbocycles. The molecule has 0 bridgehead atoms. The molecule has 33 heavy (non-hydrogen) atoms. The van der Waals surface area contributed by atoms with Gasteiger partial charge in [0.05, 0.1) is 17.4 Å². The van der Waals surface area contributed by atoms with Crippen molar-refractivity contribution in [2.75, 3.05) is 11.1 Å². The Kier molecular flexibility index (Phi) is 8.11. The van der Waals surface area contributed by atoms with Crippen molar-refractivity contribution in [1.29, 1.82) is 0 Å². The maximum atomic E-state index is 12.4. The van der Waals surface area contributed by atoms with Crippen molar-refractivity contribution in [3.63, 3.8) is 0 Å². The molecule has 0 aliphatic carbocycles. The molecule has 9 heteroatoms. The van der Waals surface area contributed by atoms with E-state index < -0.39 is 5.97 Å². The van der Waals surface area contributed by atoms with E-state index in [2.05, 4.69) is 15.5 Å². The Bertz CT molecular complexity index is 1120. The number of esters is 1. The molecule has 3 aromatic rings. The minimum Gasteiger partial charge on any atom is -0.485 e. The fourth-order valence-corrected chi connectivity index (χ4v) is 3.82. The third kappa shape index (κ3) is 6.58. The largest absolute Gasteiger partial charge is 0.485 e. The number of rotatable bonds is 9. The van der Waals surface area contributed by atoms with Crippen molar-refractivity contribution in [3.8, 4) is 5.75 Å². The summed E-state index contributed by atoms with van der Waals surface area (Å²) >= 11 is 1.27. The molecule has 8 nitrogen and oxygen atoms in total. The first-order chi connectivity index (χ1) is 15.7. The molecule has 0 radical (unpaired) electrons. The highest BCUT2D eigenvalue weighted by Crippen LogP contribution is 2.24. The monoisotopic (exact) mass is 468 g/mol. The van der Waals surface area contributed by atoms with Gasteiger partial charge in [-0.05, 0) is 57.0 Å². The van der Waals surface area contributed by atoms with Crippen molar-refractivity contribution in [3.05, 3.63) is 65.0 Å². The zero-order valence-corrected chi connectivity index (χ0v) is 20.2. The van der Waals surface area contributed by atoms with E-state index in [1.54, 1.807) is 38.1 Å². The van der Waals surface area contributed by atoms with Crippen LogP contribution in [-0.2, 0) is 23.2 Å². The molecule has 174 valence electrons. The highest BCUT2D eigenvalue weighted by molar-refractivity contribution is 7.99. The molecule has 1 amide bonds. The van der Waals surface area contributed by atoms with Gasteiger partial charge in [0.15, 0.2) is 11.0 Å². The number of para-hydroxylation sites is 1. The van der Waals surface area contributed by atoms with Gasteiger partial charge >= 0.3 is 5.97 Å². The maximum Gasteiger partial charge on any atom is 0.338 e. The number of hydrogen-bond acceptors (Lipinski definition) is 7. The number of aryl methyl sites for hydroxylation is 2. The van der Waals surface area contributed by atoms with E-state index in [1.807, 2.05) is 43.7 Å². The summed E-state index contributed by atoms with van der Waals surface area (Å²) in [6, 6.07) is 12.7. The molecular weight excluding hydrogens is 440 g/mol. The number of nitrogens with one attached hydrogen (secondary N) is 1. The van der Waals surface area contributed by atoms with E-state index in [4.69, 9.17) is 9.47 Å². The lowest BCUT2D eigenvalue weighted by Crippen LogP contribution is -2.16. The molecule has 2 aromatic carbocycles. The minimum absolute atomic E-state index is 0.143. The van der Waals surface area contributed by atoms with Crippen LogP contribution in [0.3, 0.4) is 0 Å². The number of benzene rings is 2. The lowest BCUT2D eigenvalue weighted by molar-refractivity contribution is -0.113. The first-order valence-electron chi connectivity index (χ1n) is 10.6. The molecule has 0 saturated heterocycles. The van der Waals surface area contributed by atoms with Crippen molar-refractivity contribution < 1.29 is 19.1 Å². The number of hydrogen-bond donors (Lipinski definition) is 1. The average molecular weight is 469 g/mol. The standard InChI is InChI=1S/C24H28N4O4S/c1-15(2)32-23(30)18-10-7-11-19(12-18)25-21(29)14-33-24-27-26-20(28(24)5)13-31-22-16(3)8-6-9-17(22)4/h6-12,15H,13-14H2,1-5H3,(H,25,29). The number of nitrogens with zero attached hydrogens (tertiary/aromatic N) is 3. The van der Waals surface area contributed by atoms with E-state index in [9.17, 15) is 9.59 Å². The minimum atomic E-state index is -0.426. The van der Waals surface area contributed by atoms with Crippen LogP contribution in [0, 0.1) is 13.8 Å². The molecule has 0 fully saturated rings. The third-order valence-corrected chi connectivity index (χ3v) is 5.76. The third-order valence-electron chi connectivity index (χ3n) is 4.74. The Hall–Kier alpha value is -3.33. The van der Waals surface area contributed by atoms with E-state index in [0.717, 1.165) is 16.9 Å². The summed E-state index contributed by atoms with van der Waals surface area (Å²) < 4.78 is 13.0. The van der Waals surface area contributed by atoms with Gasteiger partial charge in [-0.15, -0.1) is 10.2 Å². The van der Waals surface area contributed by atoms with Crippen LogP contribution < -0.4 is 10.1 Å². The average Bonchev–Trinajstić information content (AvgIpc) is 3.11. The second-order valence-corrected chi connectivity index (χ2v) is 8.78. The molecule has 0 atom stereocenters. The van der Waals surface area contributed by atoms with Crippen molar-refractivity contribution in [2.24, 2.45) is 7.05 Å². The quantitative estimate of drug-likeness (QED) is 0.369. The molecule has 0 aliphatic rings. The smallest absolute Gasteiger partial charge is 0.338 e. The Morgan fingerprint density at radius 3 is 2.48 bits per heavy atom. The SMILES string of the molecule is Cc1cccc(C)c1OCc1nnc(SCC(=O)Nc2cccc(C(=O)OC(C)C)c2)n1C. The molecule has 0 unspecified atom stereocenters. The highest BCUT2D eigenvalue weighted by Gasteiger charge is 2.14. The van der Waals surface area contributed by atoms with E-state index in [-0.39, 0.29) is 24.4 Å². The van der Waals surface area contributed by atoms with Crippen molar-refractivity contribution >= 4 is 29.3 Å². The van der Waals surface area contributed by atoms with Crippen LogP contribution in [0.15, 0.2) is 47.6 Å². The van der Waals surface area contributed by atoms with Crippen LogP contribution in [-0.4, -0.2) is 38.5 Å². The van der Waals surface area contributed by atoms with Crippen molar-refractivity contribution in [2.45, 2.75) is 45.6 Å². The Morgan fingerprint density at radius 2 is 1.79 bits per heavy atom. The predicted molar refractivity (Wildman–Crippen MR) is 128 cm³/mol. The van der Waals surface area contributed by atoms with E-state index in [0.29, 0.717) is 22.2 Å². The summed E-state index contributed by atoms with van der Waals surface area (Å²) in [7, 11) is 1.84. The normalized spacial score (nSPS) is 10.8. The van der Waals surface area contributed by atoms with Gasteiger partial charge in [-0.3, -0.25) is 4.79 Å². The first-order valence-corrected chi connectivity index (χ1v) is 11.5. The number of anilines is 1. The fourth-order valence-electron chi connectivity index (χ4n) is 3.09. The molecule has 1 heterocycles. The van der Waals surface area contributed by atoms with Gasteiger partial charge < -0.3 is 19.4 Å². The number of amides is 1. The van der Waals surface area contributed by atoms with Crippen molar-refractivity contribution in [1.82, 2.24) is 14.8 Å². The number of carbonyl (C=O) groups excluding carboxylic acids is 2. The summed E-state index contributed by atoms with van der Waals surface area (Å²) in [6.45, 7) is 7.86. The Balaban J connectivity index is 1.55. The summed E-state index contributed by atoms with van der Waals surface area (Å²) in [5, 5.41) is 11.8. The summed E-state index contributed by atoms with van der Waals surface area (Å²) in [5.41, 5.74) is 3.03. The summed E-state index contributed by atoms with van der Waals surface area (Å²) in [4.78, 5) is 24.5. The van der Waals surface area contributed by atoms with Crippen LogP contribution in [0.5, 0.6) is 5.75 Å². The van der Waals surface area contributed by atoms with E-state index in [1.165, 1.54) is 11.8 Å². The van der Waals surface area contributed by atoms with Gasteiger partial charge in [-0.25, -0.2) is 4.79 Å². The molecular formula is C24H28N4O4S. The fraction of sp³-hybridized carbons (Fsp3) is 0.333. The Morgan fingerprint density at radius 1 is 1.09 bits per heavy atom. The number of carbonyl (C=O) groups is 2. The predicted octanol–water partition coefficient (Wildman–Crippen LogP) is 4.31. The molecule has 0 spiro atoms. The highest BCUT2D eigenvalue weighted by atomic mass is 32.2. The van der Waals surface area contributed by atoms with Gasteiger partial charge in [0, 0.05) is 12.7 Å². The lowest BCUT2D eigenvalue weighted by Gasteiger charge is -2.11. The van der Waals surface area contributed by atoms with Gasteiger partial charge in [0.1, 0.15) is 12.4 Å².